The van der Waals surface area contributed by atoms with Crippen molar-refractivity contribution >= 4 is 51.9 Å². The number of benzene rings is 1. The second-order valence-corrected chi connectivity index (χ2v) is 10.3. The Labute approximate surface area is 231 Å². The van der Waals surface area contributed by atoms with Gasteiger partial charge in [0.15, 0.2) is 5.65 Å². The van der Waals surface area contributed by atoms with Crippen molar-refractivity contribution in [3.05, 3.63) is 65.3 Å². The molecule has 38 heavy (non-hydrogen) atoms. The number of piperazine rings is 1. The number of hydrogen-bond donors (Lipinski definition) is 1. The molecule has 3 aromatic heterocycles. The molecule has 6 rings (SSSR count). The van der Waals surface area contributed by atoms with E-state index in [-0.39, 0.29) is 12.5 Å². The smallest absolute Gasteiger partial charge is 0.242 e. The van der Waals surface area contributed by atoms with Gasteiger partial charge in [-0.05, 0) is 25.0 Å². The van der Waals surface area contributed by atoms with E-state index in [1.54, 1.807) is 24.8 Å². The second-order valence-electron chi connectivity index (χ2n) is 9.53. The SMILES string of the molecule is O=C(CNc1c(-c2ccc(N3CCCC3)cc2)nc2cnccn12)N1CCN(c2c(Cl)cncc2Cl)CC1. The molecule has 11 heteroatoms. The molecule has 0 atom stereocenters. The zero-order valence-electron chi connectivity index (χ0n) is 20.9. The van der Waals surface area contributed by atoms with E-state index in [0.29, 0.717) is 36.2 Å². The Kier molecular flexibility index (Phi) is 6.95. The Bertz CT molecular complexity index is 1420. The highest BCUT2D eigenvalue weighted by atomic mass is 35.5. The number of rotatable bonds is 6. The van der Waals surface area contributed by atoms with Gasteiger partial charge in [-0.15, -0.1) is 0 Å². The van der Waals surface area contributed by atoms with Gasteiger partial charge in [-0.1, -0.05) is 35.3 Å². The van der Waals surface area contributed by atoms with Crippen molar-refractivity contribution in [1.82, 2.24) is 24.3 Å². The third kappa shape index (κ3) is 4.83. The molecule has 2 aliphatic heterocycles. The van der Waals surface area contributed by atoms with E-state index in [1.165, 1.54) is 18.5 Å². The maximum Gasteiger partial charge on any atom is 0.242 e. The van der Waals surface area contributed by atoms with E-state index in [0.717, 1.165) is 41.5 Å². The molecular formula is C27H28Cl2N8O. The van der Waals surface area contributed by atoms with Crippen molar-refractivity contribution in [2.45, 2.75) is 12.8 Å². The first-order chi connectivity index (χ1) is 18.6. The largest absolute Gasteiger partial charge is 0.372 e. The van der Waals surface area contributed by atoms with E-state index in [1.807, 2.05) is 15.5 Å². The van der Waals surface area contributed by atoms with Gasteiger partial charge < -0.3 is 20.0 Å². The number of carbonyl (C=O) groups is 1. The second kappa shape index (κ2) is 10.7. The molecule has 2 saturated heterocycles. The van der Waals surface area contributed by atoms with Crippen molar-refractivity contribution in [3.8, 4) is 11.3 Å². The molecular weight excluding hydrogens is 523 g/mol. The maximum atomic E-state index is 13.2. The monoisotopic (exact) mass is 550 g/mol. The van der Waals surface area contributed by atoms with Gasteiger partial charge >= 0.3 is 0 Å². The molecule has 1 amide bonds. The number of imidazole rings is 1. The summed E-state index contributed by atoms with van der Waals surface area (Å²) in [6, 6.07) is 8.51. The van der Waals surface area contributed by atoms with Crippen LogP contribution in [0.15, 0.2) is 55.2 Å². The summed E-state index contributed by atoms with van der Waals surface area (Å²) in [6.45, 7) is 4.81. The zero-order valence-corrected chi connectivity index (χ0v) is 22.4. The first-order valence-corrected chi connectivity index (χ1v) is 13.6. The molecule has 0 unspecified atom stereocenters. The fourth-order valence-electron chi connectivity index (χ4n) is 5.24. The van der Waals surface area contributed by atoms with Crippen LogP contribution in [-0.2, 0) is 4.79 Å². The van der Waals surface area contributed by atoms with Crippen molar-refractivity contribution < 1.29 is 4.79 Å². The summed E-state index contributed by atoms with van der Waals surface area (Å²) in [7, 11) is 0. The lowest BCUT2D eigenvalue weighted by Crippen LogP contribution is -2.50. The number of nitrogens with zero attached hydrogens (tertiary/aromatic N) is 7. The average molecular weight is 551 g/mol. The number of hydrogen-bond acceptors (Lipinski definition) is 7. The molecule has 0 aliphatic carbocycles. The normalized spacial score (nSPS) is 15.9. The highest BCUT2D eigenvalue weighted by Crippen LogP contribution is 2.33. The predicted octanol–water partition coefficient (Wildman–Crippen LogP) is 4.46. The Balaban J connectivity index is 1.16. The standard InChI is InChI=1S/C27H28Cl2N8O/c28-21-15-31-16-22(29)26(21)36-13-11-35(12-14-36)24(38)18-32-27-25(33-23-17-30-7-10-37(23)27)19-3-5-20(6-4-19)34-8-1-2-9-34/h3-7,10,15-17,32H,1-2,8-9,11-14,18H2. The van der Waals surface area contributed by atoms with Gasteiger partial charge in [-0.2, -0.15) is 0 Å². The molecule has 4 aromatic rings. The van der Waals surface area contributed by atoms with E-state index >= 15 is 0 Å². The lowest BCUT2D eigenvalue weighted by molar-refractivity contribution is -0.129. The minimum absolute atomic E-state index is 0.0240. The van der Waals surface area contributed by atoms with Crippen LogP contribution in [0.5, 0.6) is 0 Å². The van der Waals surface area contributed by atoms with Gasteiger partial charge in [-0.25, -0.2) is 4.98 Å². The molecule has 5 heterocycles. The number of amides is 1. The summed E-state index contributed by atoms with van der Waals surface area (Å²) in [5.41, 5.74) is 4.51. The van der Waals surface area contributed by atoms with Crippen molar-refractivity contribution in [3.63, 3.8) is 0 Å². The molecule has 0 radical (unpaired) electrons. The predicted molar refractivity (Wildman–Crippen MR) is 151 cm³/mol. The van der Waals surface area contributed by atoms with Crippen LogP contribution in [0.25, 0.3) is 16.9 Å². The highest BCUT2D eigenvalue weighted by molar-refractivity contribution is 6.38. The van der Waals surface area contributed by atoms with Gasteiger partial charge in [0.2, 0.25) is 5.91 Å². The molecule has 0 bridgehead atoms. The molecule has 1 N–H and O–H groups in total. The maximum absolute atomic E-state index is 13.2. The van der Waals surface area contributed by atoms with E-state index < -0.39 is 0 Å². The minimum atomic E-state index is 0.0240. The topological polar surface area (TPSA) is 81.9 Å². The van der Waals surface area contributed by atoms with Crippen LogP contribution in [-0.4, -0.2) is 76.0 Å². The Morgan fingerprint density at radius 3 is 2.29 bits per heavy atom. The van der Waals surface area contributed by atoms with Gasteiger partial charge in [0.1, 0.15) is 11.5 Å². The quantitative estimate of drug-likeness (QED) is 0.379. The first kappa shape index (κ1) is 24.8. The summed E-state index contributed by atoms with van der Waals surface area (Å²) in [5.74, 6) is 0.801. The van der Waals surface area contributed by atoms with E-state index in [2.05, 4.69) is 49.4 Å². The van der Waals surface area contributed by atoms with Gasteiger partial charge in [0.05, 0.1) is 28.5 Å². The average Bonchev–Trinajstić information content (AvgIpc) is 3.61. The van der Waals surface area contributed by atoms with Crippen LogP contribution >= 0.6 is 23.2 Å². The van der Waals surface area contributed by atoms with E-state index in [4.69, 9.17) is 28.2 Å². The fraction of sp³-hybridized carbons (Fsp3) is 0.333. The van der Waals surface area contributed by atoms with E-state index in [9.17, 15) is 4.79 Å². The third-order valence-electron chi connectivity index (χ3n) is 7.23. The number of halogens is 2. The van der Waals surface area contributed by atoms with Crippen LogP contribution < -0.4 is 15.1 Å². The van der Waals surface area contributed by atoms with Crippen molar-refractivity contribution in [2.75, 3.05) is 60.9 Å². The molecule has 0 spiro atoms. The number of nitrogens with one attached hydrogen (secondary N) is 1. The Hall–Kier alpha value is -3.56. The first-order valence-electron chi connectivity index (χ1n) is 12.8. The highest BCUT2D eigenvalue weighted by Gasteiger charge is 2.25. The third-order valence-corrected chi connectivity index (χ3v) is 7.78. The van der Waals surface area contributed by atoms with Crippen LogP contribution in [0.2, 0.25) is 10.0 Å². The Morgan fingerprint density at radius 1 is 0.868 bits per heavy atom. The fourth-order valence-corrected chi connectivity index (χ4v) is 5.84. The van der Waals surface area contributed by atoms with Gasteiger partial charge in [0, 0.05) is 75.3 Å². The molecule has 1 aromatic carbocycles. The van der Waals surface area contributed by atoms with Crippen LogP contribution in [0.1, 0.15) is 12.8 Å². The van der Waals surface area contributed by atoms with Crippen LogP contribution in [0.3, 0.4) is 0 Å². The molecule has 2 aliphatic rings. The number of pyridine rings is 1. The van der Waals surface area contributed by atoms with Gasteiger partial charge in [0.25, 0.3) is 0 Å². The molecule has 0 saturated carbocycles. The molecule has 9 nitrogen and oxygen atoms in total. The molecule has 196 valence electrons. The van der Waals surface area contributed by atoms with Crippen LogP contribution in [0, 0.1) is 0 Å². The summed E-state index contributed by atoms with van der Waals surface area (Å²) in [5, 5.41) is 4.40. The lowest BCUT2D eigenvalue weighted by Gasteiger charge is -2.36. The number of carbonyl (C=O) groups excluding carboxylic acids is 1. The molecule has 2 fully saturated rings. The minimum Gasteiger partial charge on any atom is -0.372 e. The number of anilines is 3. The number of fused-ring (bicyclic) bond motifs is 1. The zero-order chi connectivity index (χ0) is 26.1. The van der Waals surface area contributed by atoms with Crippen molar-refractivity contribution in [2.24, 2.45) is 0 Å². The Morgan fingerprint density at radius 2 is 1.58 bits per heavy atom. The summed E-state index contributed by atoms with van der Waals surface area (Å²) >= 11 is 12.7. The summed E-state index contributed by atoms with van der Waals surface area (Å²) in [4.78, 5) is 32.6. The lowest BCUT2D eigenvalue weighted by atomic mass is 10.1. The summed E-state index contributed by atoms with van der Waals surface area (Å²) < 4.78 is 1.94. The van der Waals surface area contributed by atoms with Crippen LogP contribution in [0.4, 0.5) is 17.2 Å². The van der Waals surface area contributed by atoms with Gasteiger partial charge in [-0.3, -0.25) is 19.2 Å². The van der Waals surface area contributed by atoms with Crippen molar-refractivity contribution in [1.29, 1.82) is 0 Å². The number of aromatic nitrogens is 4. The summed E-state index contributed by atoms with van der Waals surface area (Å²) in [6.07, 6.45) is 11.0.